The Labute approximate surface area is 180 Å². The van der Waals surface area contributed by atoms with E-state index in [1.165, 1.54) is 18.2 Å². The molecule has 0 aliphatic rings. The van der Waals surface area contributed by atoms with Gasteiger partial charge in [0.15, 0.2) is 12.4 Å². The number of pyridine rings is 1. The smallest absolute Gasteiger partial charge is 0.422 e. The summed E-state index contributed by atoms with van der Waals surface area (Å²) < 4.78 is 42.6. The molecule has 7 nitrogen and oxygen atoms in total. The van der Waals surface area contributed by atoms with Gasteiger partial charge in [0.25, 0.3) is 5.91 Å². The zero-order chi connectivity index (χ0) is 22.7. The van der Waals surface area contributed by atoms with E-state index in [1.54, 1.807) is 48.8 Å². The van der Waals surface area contributed by atoms with Gasteiger partial charge in [-0.05, 0) is 42.5 Å². The fraction of sp³-hybridized carbons (Fsp3) is 0.0909. The van der Waals surface area contributed by atoms with Crippen molar-refractivity contribution in [1.29, 1.82) is 0 Å². The Bertz CT molecular complexity index is 1280. The third-order valence-corrected chi connectivity index (χ3v) is 4.44. The molecule has 0 fully saturated rings. The number of nitrogens with zero attached hydrogens (tertiary/aromatic N) is 3. The number of aromatic nitrogens is 3. The van der Waals surface area contributed by atoms with E-state index in [9.17, 15) is 18.0 Å². The molecule has 0 saturated carbocycles. The summed E-state index contributed by atoms with van der Waals surface area (Å²) in [4.78, 5) is 24.9. The van der Waals surface area contributed by atoms with Gasteiger partial charge in [0.1, 0.15) is 11.6 Å². The molecule has 32 heavy (non-hydrogen) atoms. The summed E-state index contributed by atoms with van der Waals surface area (Å²) in [5.41, 5.74) is 7.17. The van der Waals surface area contributed by atoms with Crippen LogP contribution in [0.25, 0.3) is 22.3 Å². The minimum Gasteiger partial charge on any atom is -0.484 e. The number of hydrogen-bond acceptors (Lipinski definition) is 6. The first-order valence-electron chi connectivity index (χ1n) is 9.38. The number of benzene rings is 2. The number of amides is 1. The number of carbonyl (C=O) groups excluding carboxylic acids is 1. The number of nitrogens with two attached hydrogens (primary N) is 1. The molecule has 0 unspecified atom stereocenters. The second kappa shape index (κ2) is 8.50. The van der Waals surface area contributed by atoms with Crippen LogP contribution in [0.4, 0.5) is 24.7 Å². The Morgan fingerprint density at radius 3 is 2.59 bits per heavy atom. The molecule has 1 amide bonds. The molecule has 0 saturated heterocycles. The van der Waals surface area contributed by atoms with E-state index in [2.05, 4.69) is 20.3 Å². The standard InChI is InChI=1S/C22H16F3N5O2/c23-22(24,25)12-32-14-7-8-18-16(10-14)21(29-17-6-2-1-5-15(17)19(26)31)30-20(28-18)13-4-3-9-27-11-13/h1-11H,12H2,(H2,26,31)(H,28,29,30). The van der Waals surface area contributed by atoms with E-state index in [0.717, 1.165) is 0 Å². The Morgan fingerprint density at radius 1 is 1.06 bits per heavy atom. The van der Waals surface area contributed by atoms with E-state index in [0.29, 0.717) is 28.0 Å². The first-order valence-corrected chi connectivity index (χ1v) is 9.38. The van der Waals surface area contributed by atoms with Crippen LogP contribution in [0.2, 0.25) is 0 Å². The third kappa shape index (κ3) is 4.75. The van der Waals surface area contributed by atoms with Gasteiger partial charge in [-0.15, -0.1) is 0 Å². The summed E-state index contributed by atoms with van der Waals surface area (Å²) in [6.45, 7) is -1.43. The zero-order valence-electron chi connectivity index (χ0n) is 16.4. The van der Waals surface area contributed by atoms with Crippen LogP contribution in [0.3, 0.4) is 0 Å². The second-order valence-corrected chi connectivity index (χ2v) is 6.76. The number of ether oxygens (including phenoxy) is 1. The van der Waals surface area contributed by atoms with Crippen LogP contribution in [-0.4, -0.2) is 33.6 Å². The van der Waals surface area contributed by atoms with Gasteiger partial charge < -0.3 is 15.8 Å². The molecule has 0 aliphatic carbocycles. The van der Waals surface area contributed by atoms with E-state index >= 15 is 0 Å². The predicted octanol–water partition coefficient (Wildman–Crippen LogP) is 4.48. The molecule has 0 aliphatic heterocycles. The summed E-state index contributed by atoms with van der Waals surface area (Å²) in [5, 5.41) is 3.46. The van der Waals surface area contributed by atoms with Crippen LogP contribution in [0.5, 0.6) is 5.75 Å². The summed E-state index contributed by atoms with van der Waals surface area (Å²) in [6.07, 6.45) is -1.28. The second-order valence-electron chi connectivity index (χ2n) is 6.76. The molecule has 10 heteroatoms. The van der Waals surface area contributed by atoms with Gasteiger partial charge in [-0.3, -0.25) is 9.78 Å². The lowest BCUT2D eigenvalue weighted by molar-refractivity contribution is -0.153. The number of alkyl halides is 3. The summed E-state index contributed by atoms with van der Waals surface area (Å²) in [5.74, 6) is -0.0411. The maximum atomic E-state index is 12.6. The molecule has 2 aromatic heterocycles. The average Bonchev–Trinajstić information content (AvgIpc) is 2.78. The maximum absolute atomic E-state index is 12.6. The Kier molecular flexibility index (Phi) is 5.59. The van der Waals surface area contributed by atoms with E-state index < -0.39 is 18.7 Å². The monoisotopic (exact) mass is 439 g/mol. The first kappa shape index (κ1) is 21.0. The van der Waals surface area contributed by atoms with Crippen molar-refractivity contribution in [3.8, 4) is 17.1 Å². The van der Waals surface area contributed by atoms with Crippen molar-refractivity contribution in [2.45, 2.75) is 6.18 Å². The molecule has 2 aromatic carbocycles. The third-order valence-electron chi connectivity index (χ3n) is 4.44. The van der Waals surface area contributed by atoms with Gasteiger partial charge in [0.2, 0.25) is 0 Å². The Balaban J connectivity index is 1.83. The quantitative estimate of drug-likeness (QED) is 0.459. The van der Waals surface area contributed by atoms with Crippen molar-refractivity contribution >= 4 is 28.3 Å². The Morgan fingerprint density at radius 2 is 1.88 bits per heavy atom. The van der Waals surface area contributed by atoms with E-state index in [4.69, 9.17) is 10.5 Å². The lowest BCUT2D eigenvalue weighted by Gasteiger charge is -2.14. The van der Waals surface area contributed by atoms with Gasteiger partial charge in [-0.25, -0.2) is 9.97 Å². The number of rotatable bonds is 6. The van der Waals surface area contributed by atoms with Gasteiger partial charge in [-0.1, -0.05) is 12.1 Å². The first-order chi connectivity index (χ1) is 15.3. The van der Waals surface area contributed by atoms with Gasteiger partial charge in [0, 0.05) is 23.3 Å². The molecule has 0 radical (unpaired) electrons. The highest BCUT2D eigenvalue weighted by Crippen LogP contribution is 2.31. The summed E-state index contributed by atoms with van der Waals surface area (Å²) in [6, 6.07) is 14.4. The number of nitrogens with one attached hydrogen (secondary N) is 1. The molecule has 0 bridgehead atoms. The maximum Gasteiger partial charge on any atom is 0.422 e. The van der Waals surface area contributed by atoms with Crippen LogP contribution < -0.4 is 15.8 Å². The minimum atomic E-state index is -4.48. The highest BCUT2D eigenvalue weighted by molar-refractivity contribution is 6.01. The van der Waals surface area contributed by atoms with Crippen LogP contribution in [0, 0.1) is 0 Å². The van der Waals surface area contributed by atoms with Gasteiger partial charge >= 0.3 is 6.18 Å². The topological polar surface area (TPSA) is 103 Å². The van der Waals surface area contributed by atoms with Crippen LogP contribution in [0.1, 0.15) is 10.4 Å². The molecule has 0 atom stereocenters. The lowest BCUT2D eigenvalue weighted by atomic mass is 10.1. The molecule has 4 aromatic rings. The highest BCUT2D eigenvalue weighted by Gasteiger charge is 2.28. The highest BCUT2D eigenvalue weighted by atomic mass is 19.4. The predicted molar refractivity (Wildman–Crippen MR) is 113 cm³/mol. The molecule has 162 valence electrons. The molecule has 2 heterocycles. The fourth-order valence-electron chi connectivity index (χ4n) is 3.02. The zero-order valence-corrected chi connectivity index (χ0v) is 16.4. The van der Waals surface area contributed by atoms with Crippen LogP contribution in [-0.2, 0) is 0 Å². The molecular formula is C22H16F3N5O2. The van der Waals surface area contributed by atoms with E-state index in [1.807, 2.05) is 0 Å². The van der Waals surface area contributed by atoms with Crippen molar-refractivity contribution in [2.75, 3.05) is 11.9 Å². The number of para-hydroxylation sites is 1. The number of anilines is 2. The van der Waals surface area contributed by atoms with Crippen LogP contribution in [0.15, 0.2) is 67.0 Å². The van der Waals surface area contributed by atoms with Crippen LogP contribution >= 0.6 is 0 Å². The number of halogens is 3. The number of hydrogen-bond donors (Lipinski definition) is 2. The SMILES string of the molecule is NC(=O)c1ccccc1Nc1nc(-c2cccnc2)nc2ccc(OCC(F)(F)F)cc12. The van der Waals surface area contributed by atoms with E-state index in [-0.39, 0.29) is 17.1 Å². The van der Waals surface area contributed by atoms with Crippen molar-refractivity contribution < 1.29 is 22.7 Å². The van der Waals surface area contributed by atoms with Gasteiger partial charge in [0.05, 0.1) is 16.8 Å². The Hall–Kier alpha value is -4.21. The van der Waals surface area contributed by atoms with Gasteiger partial charge in [-0.2, -0.15) is 13.2 Å². The lowest BCUT2D eigenvalue weighted by Crippen LogP contribution is -2.19. The largest absolute Gasteiger partial charge is 0.484 e. The summed E-state index contributed by atoms with van der Waals surface area (Å²) in [7, 11) is 0. The fourth-order valence-corrected chi connectivity index (χ4v) is 3.02. The average molecular weight is 439 g/mol. The minimum absolute atomic E-state index is 0.00112. The van der Waals surface area contributed by atoms with Crippen molar-refractivity contribution in [2.24, 2.45) is 5.73 Å². The normalized spacial score (nSPS) is 11.3. The molecule has 3 N–H and O–H groups in total. The molecule has 0 spiro atoms. The molecular weight excluding hydrogens is 423 g/mol. The number of fused-ring (bicyclic) bond motifs is 1. The number of carbonyl (C=O) groups is 1. The summed E-state index contributed by atoms with van der Waals surface area (Å²) >= 11 is 0. The van der Waals surface area contributed by atoms with Crippen molar-refractivity contribution in [1.82, 2.24) is 15.0 Å². The van der Waals surface area contributed by atoms with Crippen molar-refractivity contribution in [3.05, 3.63) is 72.6 Å². The molecule has 4 rings (SSSR count). The van der Waals surface area contributed by atoms with Crippen molar-refractivity contribution in [3.63, 3.8) is 0 Å². The number of primary amides is 1.